The van der Waals surface area contributed by atoms with Gasteiger partial charge in [0.05, 0.1) is 25.6 Å². The number of amides is 1. The number of anilines is 1. The molecule has 1 saturated carbocycles. The molecule has 0 aromatic heterocycles. The quantitative estimate of drug-likeness (QED) is 0.803. The minimum Gasteiger partial charge on any atom is -0.392 e. The van der Waals surface area contributed by atoms with E-state index in [4.69, 9.17) is 29.6 Å². The second-order valence-corrected chi connectivity index (χ2v) is 6.35. The van der Waals surface area contributed by atoms with Gasteiger partial charge < -0.3 is 11.1 Å². The fourth-order valence-corrected chi connectivity index (χ4v) is 3.24. The molecule has 6 heteroatoms. The largest absolute Gasteiger partial charge is 0.392 e. The summed E-state index contributed by atoms with van der Waals surface area (Å²) in [5, 5.41) is 3.43. The molecular weight excluding hydrogens is 348 g/mol. The van der Waals surface area contributed by atoms with E-state index in [0.717, 1.165) is 12.8 Å². The molecule has 1 amide bonds. The highest BCUT2D eigenvalue weighted by Crippen LogP contribution is 2.40. The first-order valence-electron chi connectivity index (χ1n) is 6.03. The lowest BCUT2D eigenvalue weighted by Gasteiger charge is -2.26. The smallest absolute Gasteiger partial charge is 0.237 e. The Labute approximate surface area is 131 Å². The lowest BCUT2D eigenvalue weighted by atomic mass is 9.85. The lowest BCUT2D eigenvalue weighted by Crippen LogP contribution is -2.44. The molecule has 0 unspecified atom stereocenters. The van der Waals surface area contributed by atoms with Gasteiger partial charge >= 0.3 is 0 Å². The van der Waals surface area contributed by atoms with Crippen molar-refractivity contribution >= 4 is 56.3 Å². The van der Waals surface area contributed by atoms with E-state index in [2.05, 4.69) is 21.2 Å². The maximum absolute atomic E-state index is 12.5. The third-order valence-corrected chi connectivity index (χ3v) is 5.35. The molecule has 0 radical (unpaired) electrons. The predicted molar refractivity (Wildman–Crippen MR) is 85.5 cm³/mol. The molecule has 3 nitrogen and oxygen atoms in total. The Morgan fingerprint density at radius 2 is 2.05 bits per heavy atom. The maximum Gasteiger partial charge on any atom is 0.237 e. The number of carbonyl (C=O) groups is 1. The van der Waals surface area contributed by atoms with Crippen LogP contribution in [0.4, 0.5) is 5.69 Å². The normalized spacial score (nSPS) is 17.2. The number of rotatable bonds is 3. The SMILES string of the molecule is NC(=S)C1(C(=O)Nc2cccc(Cl)c2Br)CCCC1. The van der Waals surface area contributed by atoms with Crippen LogP contribution in [0.15, 0.2) is 22.7 Å². The van der Waals surface area contributed by atoms with Crippen molar-refractivity contribution in [2.45, 2.75) is 25.7 Å². The van der Waals surface area contributed by atoms with Gasteiger partial charge in [-0.05, 0) is 40.9 Å². The Balaban J connectivity index is 2.25. The first-order chi connectivity index (χ1) is 8.97. The Kier molecular flexibility index (Phi) is 4.48. The van der Waals surface area contributed by atoms with Crippen LogP contribution in [0.5, 0.6) is 0 Å². The molecule has 2 rings (SSSR count). The van der Waals surface area contributed by atoms with Gasteiger partial charge in [0.15, 0.2) is 0 Å². The van der Waals surface area contributed by atoms with E-state index in [9.17, 15) is 4.79 Å². The van der Waals surface area contributed by atoms with Crippen molar-refractivity contribution in [1.82, 2.24) is 0 Å². The van der Waals surface area contributed by atoms with Gasteiger partial charge in [-0.3, -0.25) is 4.79 Å². The summed E-state index contributed by atoms with van der Waals surface area (Å²) in [4.78, 5) is 12.8. The van der Waals surface area contributed by atoms with Gasteiger partial charge in [0.1, 0.15) is 0 Å². The molecule has 102 valence electrons. The molecule has 1 aromatic rings. The first kappa shape index (κ1) is 14.8. The molecule has 1 aromatic carbocycles. The first-order valence-corrected chi connectivity index (χ1v) is 7.61. The molecule has 19 heavy (non-hydrogen) atoms. The van der Waals surface area contributed by atoms with Crippen molar-refractivity contribution in [2.24, 2.45) is 11.1 Å². The third-order valence-electron chi connectivity index (χ3n) is 3.56. The maximum atomic E-state index is 12.5. The van der Waals surface area contributed by atoms with Crippen molar-refractivity contribution in [2.75, 3.05) is 5.32 Å². The van der Waals surface area contributed by atoms with Crippen molar-refractivity contribution in [3.05, 3.63) is 27.7 Å². The molecular formula is C13H14BrClN2OS. The van der Waals surface area contributed by atoms with Gasteiger partial charge in [0.2, 0.25) is 5.91 Å². The molecule has 0 heterocycles. The number of carbonyl (C=O) groups excluding carboxylic acids is 1. The van der Waals surface area contributed by atoms with Crippen molar-refractivity contribution in [3.63, 3.8) is 0 Å². The van der Waals surface area contributed by atoms with E-state index in [1.165, 1.54) is 0 Å². The third kappa shape index (κ3) is 2.78. The second kappa shape index (κ2) is 5.77. The summed E-state index contributed by atoms with van der Waals surface area (Å²) >= 11 is 14.5. The molecule has 1 aliphatic rings. The molecule has 0 atom stereocenters. The molecule has 3 N–H and O–H groups in total. The van der Waals surface area contributed by atoms with Crippen LogP contribution in [0.3, 0.4) is 0 Å². The molecule has 1 aliphatic carbocycles. The highest BCUT2D eigenvalue weighted by Gasteiger charge is 2.44. The van der Waals surface area contributed by atoms with E-state index in [1.54, 1.807) is 18.2 Å². The summed E-state index contributed by atoms with van der Waals surface area (Å²) < 4.78 is 0.668. The molecule has 0 aliphatic heterocycles. The zero-order valence-electron chi connectivity index (χ0n) is 10.2. The summed E-state index contributed by atoms with van der Waals surface area (Å²) in [7, 11) is 0. The number of halogens is 2. The van der Waals surface area contributed by atoms with E-state index in [1.807, 2.05) is 0 Å². The van der Waals surface area contributed by atoms with Crippen LogP contribution in [0.25, 0.3) is 0 Å². The van der Waals surface area contributed by atoms with Gasteiger partial charge in [-0.25, -0.2) is 0 Å². The number of nitrogens with two attached hydrogens (primary N) is 1. The van der Waals surface area contributed by atoms with E-state index in [-0.39, 0.29) is 10.9 Å². The zero-order valence-corrected chi connectivity index (χ0v) is 13.4. The number of benzene rings is 1. The summed E-state index contributed by atoms with van der Waals surface area (Å²) in [6.07, 6.45) is 3.38. The van der Waals surface area contributed by atoms with Crippen LogP contribution >= 0.6 is 39.7 Å². The van der Waals surface area contributed by atoms with Gasteiger partial charge in [0, 0.05) is 0 Å². The minimum atomic E-state index is -0.711. The Morgan fingerprint density at radius 1 is 1.42 bits per heavy atom. The molecule has 0 spiro atoms. The van der Waals surface area contributed by atoms with Crippen molar-refractivity contribution in [1.29, 1.82) is 0 Å². The minimum absolute atomic E-state index is 0.138. The fourth-order valence-electron chi connectivity index (χ4n) is 2.41. The van der Waals surface area contributed by atoms with Crippen LogP contribution < -0.4 is 11.1 Å². The van der Waals surface area contributed by atoms with E-state index >= 15 is 0 Å². The van der Waals surface area contributed by atoms with Crippen LogP contribution in [0.2, 0.25) is 5.02 Å². The summed E-state index contributed by atoms with van der Waals surface area (Å²) in [6, 6.07) is 5.32. The molecule has 1 fully saturated rings. The monoisotopic (exact) mass is 360 g/mol. The lowest BCUT2D eigenvalue weighted by molar-refractivity contribution is -0.122. The van der Waals surface area contributed by atoms with E-state index in [0.29, 0.717) is 28.0 Å². The van der Waals surface area contributed by atoms with Gasteiger partial charge in [-0.2, -0.15) is 0 Å². The summed E-state index contributed by atoms with van der Waals surface area (Å²) in [5.41, 5.74) is 5.72. The second-order valence-electron chi connectivity index (χ2n) is 4.71. The Morgan fingerprint density at radius 3 is 2.63 bits per heavy atom. The van der Waals surface area contributed by atoms with Gasteiger partial charge in [-0.15, -0.1) is 0 Å². The topological polar surface area (TPSA) is 55.1 Å². The van der Waals surface area contributed by atoms with Crippen molar-refractivity contribution in [3.8, 4) is 0 Å². The van der Waals surface area contributed by atoms with Crippen molar-refractivity contribution < 1.29 is 4.79 Å². The van der Waals surface area contributed by atoms with Crippen LogP contribution in [-0.2, 0) is 4.79 Å². The number of hydrogen-bond donors (Lipinski definition) is 2. The van der Waals surface area contributed by atoms with Crippen LogP contribution in [-0.4, -0.2) is 10.9 Å². The standard InChI is InChI=1S/C13H14BrClN2OS/c14-10-8(15)4-3-5-9(10)17-12(18)13(11(16)19)6-1-2-7-13/h3-5H,1-2,6-7H2,(H2,16,19)(H,17,18). The van der Waals surface area contributed by atoms with E-state index < -0.39 is 5.41 Å². The average Bonchev–Trinajstić information content (AvgIpc) is 2.85. The summed E-state index contributed by atoms with van der Waals surface area (Å²) in [6.45, 7) is 0. The average molecular weight is 362 g/mol. The predicted octanol–water partition coefficient (Wildman–Crippen LogP) is 3.89. The van der Waals surface area contributed by atoms with Crippen LogP contribution in [0.1, 0.15) is 25.7 Å². The highest BCUT2D eigenvalue weighted by molar-refractivity contribution is 9.10. The number of thiocarbonyl (C=S) groups is 1. The number of nitrogens with one attached hydrogen (secondary N) is 1. The Hall–Kier alpha value is -0.650. The van der Waals surface area contributed by atoms with Crippen LogP contribution in [0, 0.1) is 5.41 Å². The molecule has 0 bridgehead atoms. The highest BCUT2D eigenvalue weighted by atomic mass is 79.9. The molecule has 0 saturated heterocycles. The Bertz CT molecular complexity index is 529. The van der Waals surface area contributed by atoms with Gasteiger partial charge in [0.25, 0.3) is 0 Å². The van der Waals surface area contributed by atoms with Gasteiger partial charge in [-0.1, -0.05) is 42.7 Å². The number of hydrogen-bond acceptors (Lipinski definition) is 2. The fraction of sp³-hybridized carbons (Fsp3) is 0.385. The zero-order chi connectivity index (χ0) is 14.0. The summed E-state index contributed by atoms with van der Waals surface area (Å²) in [5.74, 6) is -0.138.